The summed E-state index contributed by atoms with van der Waals surface area (Å²) in [4.78, 5) is 4.74. The van der Waals surface area contributed by atoms with Gasteiger partial charge in [0, 0.05) is 15.7 Å². The van der Waals surface area contributed by atoms with Crippen molar-refractivity contribution >= 4 is 38.6 Å². The van der Waals surface area contributed by atoms with Crippen LogP contribution >= 0.6 is 15.9 Å². The third-order valence-corrected chi connectivity index (χ3v) is 5.62. The summed E-state index contributed by atoms with van der Waals surface area (Å²) in [5.41, 5.74) is 4.24. The summed E-state index contributed by atoms with van der Waals surface area (Å²) < 4.78 is 23.0. The second-order valence-electron chi connectivity index (χ2n) is 6.84. The summed E-state index contributed by atoms with van der Waals surface area (Å²) in [6.45, 7) is 0. The Morgan fingerprint density at radius 3 is 2.66 bits per heavy atom. The molecule has 0 amide bonds. The molecule has 0 bridgehead atoms. The highest BCUT2D eigenvalue weighted by Crippen LogP contribution is 2.38. The molecule has 4 nitrogen and oxygen atoms in total. The minimum Gasteiger partial charge on any atom is -0.497 e. The van der Waals surface area contributed by atoms with E-state index in [0.717, 1.165) is 32.5 Å². The van der Waals surface area contributed by atoms with Crippen molar-refractivity contribution in [1.29, 1.82) is 0 Å². The third kappa shape index (κ3) is 3.09. The van der Waals surface area contributed by atoms with Crippen LogP contribution in [0.4, 0.5) is 10.3 Å². The molecule has 1 aromatic heterocycles. The Morgan fingerprint density at radius 1 is 1.07 bits per heavy atom. The Bertz CT molecular complexity index is 1250. The van der Waals surface area contributed by atoms with E-state index in [0.29, 0.717) is 11.5 Å². The minimum atomic E-state index is -0.340. The van der Waals surface area contributed by atoms with E-state index in [1.165, 1.54) is 6.07 Å². The molecule has 0 aliphatic carbocycles. The van der Waals surface area contributed by atoms with Crippen molar-refractivity contribution < 1.29 is 9.13 Å². The number of nitrogens with zero attached hydrogens (tertiary/aromatic N) is 2. The van der Waals surface area contributed by atoms with Gasteiger partial charge in [-0.05, 0) is 66.2 Å². The Kier molecular flexibility index (Phi) is 4.36. The summed E-state index contributed by atoms with van der Waals surface area (Å²) in [5.74, 6) is 1.21. The van der Waals surface area contributed by atoms with Crippen LogP contribution in [0.1, 0.15) is 17.2 Å². The normalized spacial score (nSPS) is 15.6. The Labute approximate surface area is 175 Å². The first-order chi connectivity index (χ1) is 14.1. The Balaban J connectivity index is 1.72. The van der Waals surface area contributed by atoms with Crippen molar-refractivity contribution in [3.8, 4) is 5.75 Å². The van der Waals surface area contributed by atoms with Gasteiger partial charge in [-0.3, -0.25) is 4.57 Å². The molecule has 2 heterocycles. The first kappa shape index (κ1) is 17.9. The van der Waals surface area contributed by atoms with Gasteiger partial charge in [0.05, 0.1) is 24.2 Å². The molecule has 1 unspecified atom stereocenters. The number of hydrogen-bond acceptors (Lipinski definition) is 3. The van der Waals surface area contributed by atoms with Crippen LogP contribution in [0.2, 0.25) is 0 Å². The highest BCUT2D eigenvalue weighted by atomic mass is 79.9. The van der Waals surface area contributed by atoms with Gasteiger partial charge < -0.3 is 10.1 Å². The maximum Gasteiger partial charge on any atom is 0.209 e. The van der Waals surface area contributed by atoms with E-state index in [1.807, 2.05) is 65.2 Å². The summed E-state index contributed by atoms with van der Waals surface area (Å²) >= 11 is 3.48. The fourth-order valence-corrected chi connectivity index (χ4v) is 4.10. The molecule has 1 atom stereocenters. The number of allylic oxidation sites excluding steroid dienone is 1. The molecule has 1 aliphatic rings. The fraction of sp³-hybridized carbons (Fsp3) is 0.0870. The number of fused-ring (bicyclic) bond motifs is 3. The van der Waals surface area contributed by atoms with E-state index in [2.05, 4.69) is 21.2 Å². The van der Waals surface area contributed by atoms with Crippen LogP contribution < -0.4 is 10.1 Å². The van der Waals surface area contributed by atoms with Crippen molar-refractivity contribution in [3.05, 3.63) is 94.2 Å². The van der Waals surface area contributed by atoms with Crippen LogP contribution in [0, 0.1) is 5.82 Å². The number of nitrogens with one attached hydrogen (secondary N) is 1. The molecule has 0 radical (unpaired) electrons. The predicted octanol–water partition coefficient (Wildman–Crippen LogP) is 6.00. The number of rotatable bonds is 3. The second kappa shape index (κ2) is 7.04. The number of methoxy groups -OCH3 is 1. The van der Waals surface area contributed by atoms with Gasteiger partial charge in [-0.15, -0.1) is 0 Å². The second-order valence-corrected chi connectivity index (χ2v) is 7.75. The molecule has 1 aliphatic heterocycles. The van der Waals surface area contributed by atoms with E-state index in [9.17, 15) is 4.39 Å². The SMILES string of the molecule is COc1ccc(C2=CC(c3cc(Br)ccc3F)n3c(nc4ccccc43)N2)cc1. The molecule has 0 saturated carbocycles. The van der Waals surface area contributed by atoms with Crippen molar-refractivity contribution in [3.63, 3.8) is 0 Å². The molecule has 1 N–H and O–H groups in total. The Morgan fingerprint density at radius 2 is 1.86 bits per heavy atom. The summed E-state index contributed by atoms with van der Waals surface area (Å²) in [7, 11) is 1.64. The van der Waals surface area contributed by atoms with Crippen LogP contribution in [0.3, 0.4) is 0 Å². The number of anilines is 1. The monoisotopic (exact) mass is 449 g/mol. The zero-order chi connectivity index (χ0) is 20.0. The van der Waals surface area contributed by atoms with E-state index in [4.69, 9.17) is 9.72 Å². The molecule has 29 heavy (non-hydrogen) atoms. The lowest BCUT2D eigenvalue weighted by atomic mass is 10.0. The molecule has 6 heteroatoms. The molecule has 0 fully saturated rings. The summed E-state index contributed by atoms with van der Waals surface area (Å²) in [5, 5.41) is 3.41. The van der Waals surface area contributed by atoms with Gasteiger partial charge in [-0.1, -0.05) is 28.1 Å². The lowest BCUT2D eigenvalue weighted by molar-refractivity contribution is 0.415. The number of imidazole rings is 1. The molecule has 3 aromatic carbocycles. The van der Waals surface area contributed by atoms with Gasteiger partial charge in [-0.25, -0.2) is 9.37 Å². The lowest BCUT2D eigenvalue weighted by Gasteiger charge is -2.27. The van der Waals surface area contributed by atoms with Crippen LogP contribution in [0.15, 0.2) is 77.3 Å². The number of ether oxygens (including phenoxy) is 1. The maximum absolute atomic E-state index is 14.9. The molecule has 5 rings (SSSR count). The quantitative estimate of drug-likeness (QED) is 0.416. The zero-order valence-electron chi connectivity index (χ0n) is 15.6. The van der Waals surface area contributed by atoms with Gasteiger partial charge in [-0.2, -0.15) is 0 Å². The molecule has 144 valence electrons. The maximum atomic E-state index is 14.9. The molecular formula is C23H17BrFN3O. The molecule has 4 aromatic rings. The van der Waals surface area contributed by atoms with E-state index in [1.54, 1.807) is 13.2 Å². The molecular weight excluding hydrogens is 433 g/mol. The number of halogens is 2. The third-order valence-electron chi connectivity index (χ3n) is 5.12. The minimum absolute atomic E-state index is 0.255. The van der Waals surface area contributed by atoms with E-state index in [-0.39, 0.29) is 11.9 Å². The zero-order valence-corrected chi connectivity index (χ0v) is 17.2. The highest BCUT2D eigenvalue weighted by Gasteiger charge is 2.27. The van der Waals surface area contributed by atoms with Crippen LogP contribution in [0.5, 0.6) is 5.75 Å². The first-order valence-electron chi connectivity index (χ1n) is 9.19. The van der Waals surface area contributed by atoms with E-state index < -0.39 is 0 Å². The largest absolute Gasteiger partial charge is 0.497 e. The van der Waals surface area contributed by atoms with Gasteiger partial charge >= 0.3 is 0 Å². The van der Waals surface area contributed by atoms with Crippen LogP contribution in [-0.4, -0.2) is 16.7 Å². The number of benzene rings is 3. The summed E-state index contributed by atoms with van der Waals surface area (Å²) in [6.07, 6.45) is 2.04. The van der Waals surface area contributed by atoms with Crippen LogP contribution in [0.25, 0.3) is 16.7 Å². The summed E-state index contributed by atoms with van der Waals surface area (Å²) in [6, 6.07) is 20.3. The Hall–Kier alpha value is -3.12. The number of hydrogen-bond donors (Lipinski definition) is 1. The number of aromatic nitrogens is 2. The standard InChI is InChI=1S/C23H17BrFN3O/c1-29-16-9-6-14(7-10-16)20-13-22(17-12-15(24)8-11-18(17)25)28-21-5-3-2-4-19(21)26-23(28)27-20/h2-13,22H,1H3,(H,26,27). The smallest absolute Gasteiger partial charge is 0.209 e. The topological polar surface area (TPSA) is 39.1 Å². The van der Waals surface area contributed by atoms with Crippen LogP contribution in [-0.2, 0) is 0 Å². The predicted molar refractivity (Wildman–Crippen MR) is 117 cm³/mol. The van der Waals surface area contributed by atoms with E-state index >= 15 is 0 Å². The average molecular weight is 450 g/mol. The van der Waals surface area contributed by atoms with Crippen molar-refractivity contribution in [2.24, 2.45) is 0 Å². The van der Waals surface area contributed by atoms with Gasteiger partial charge in [0.25, 0.3) is 0 Å². The van der Waals surface area contributed by atoms with Gasteiger partial charge in [0.15, 0.2) is 0 Å². The fourth-order valence-electron chi connectivity index (χ4n) is 3.72. The molecule has 0 saturated heterocycles. The first-order valence-corrected chi connectivity index (χ1v) is 9.98. The molecule has 0 spiro atoms. The van der Waals surface area contributed by atoms with Crippen molar-refractivity contribution in [2.45, 2.75) is 6.04 Å². The average Bonchev–Trinajstić information content (AvgIpc) is 3.13. The number of para-hydroxylation sites is 2. The van der Waals surface area contributed by atoms with Crippen molar-refractivity contribution in [2.75, 3.05) is 12.4 Å². The highest BCUT2D eigenvalue weighted by molar-refractivity contribution is 9.10. The van der Waals surface area contributed by atoms with Crippen molar-refractivity contribution in [1.82, 2.24) is 9.55 Å². The lowest BCUT2D eigenvalue weighted by Crippen LogP contribution is -2.20. The van der Waals surface area contributed by atoms with Gasteiger partial charge in [0.2, 0.25) is 5.95 Å². The van der Waals surface area contributed by atoms with Gasteiger partial charge in [0.1, 0.15) is 11.6 Å².